The summed E-state index contributed by atoms with van der Waals surface area (Å²) >= 11 is 9.37. The van der Waals surface area contributed by atoms with E-state index in [1.807, 2.05) is 0 Å². The van der Waals surface area contributed by atoms with Gasteiger partial charge in [0, 0.05) is 17.2 Å². The monoisotopic (exact) mass is 415 g/mol. The molecule has 1 aromatic carbocycles. The number of rotatable bonds is 2. The normalized spacial score (nSPS) is 18.8. The van der Waals surface area contributed by atoms with Crippen LogP contribution < -0.4 is 5.32 Å². The first kappa shape index (κ1) is 16.2. The Kier molecular flexibility index (Phi) is 4.31. The number of nitrogens with one attached hydrogen (secondary N) is 1. The first-order chi connectivity index (χ1) is 10.8. The summed E-state index contributed by atoms with van der Waals surface area (Å²) in [4.78, 5) is 14.0. The number of hydrogen-bond donors (Lipinski definition) is 1. The Morgan fingerprint density at radius 1 is 1.35 bits per heavy atom. The molecule has 0 aromatic heterocycles. The molecule has 6 nitrogen and oxygen atoms in total. The molecule has 1 aromatic rings. The van der Waals surface area contributed by atoms with Gasteiger partial charge in [0.25, 0.3) is 15.9 Å². The van der Waals surface area contributed by atoms with Crippen LogP contribution in [0, 0.1) is 0 Å². The van der Waals surface area contributed by atoms with Gasteiger partial charge in [-0.3, -0.25) is 4.79 Å². The zero-order chi connectivity index (χ0) is 16.6. The van der Waals surface area contributed by atoms with E-state index >= 15 is 0 Å². The van der Waals surface area contributed by atoms with Gasteiger partial charge in [0.1, 0.15) is 5.84 Å². The quantitative estimate of drug-likeness (QED) is 0.803. The number of carbonyl (C=O) groups excluding carboxylic acids is 1. The van der Waals surface area contributed by atoms with E-state index < -0.39 is 10.0 Å². The second-order valence-electron chi connectivity index (χ2n) is 4.92. The lowest BCUT2D eigenvalue weighted by molar-refractivity contribution is -0.112. The van der Waals surface area contributed by atoms with Crippen LogP contribution in [0.5, 0.6) is 0 Å². The number of halogens is 2. The molecule has 0 atom stereocenters. The fourth-order valence-corrected chi connectivity index (χ4v) is 3.81. The van der Waals surface area contributed by atoms with Crippen LogP contribution in [0.4, 0.5) is 5.69 Å². The van der Waals surface area contributed by atoms with Crippen molar-refractivity contribution >= 4 is 55.0 Å². The molecule has 3 rings (SSSR count). The predicted octanol–water partition coefficient (Wildman–Crippen LogP) is 2.54. The van der Waals surface area contributed by atoms with Gasteiger partial charge in [-0.15, -0.1) is 4.40 Å². The standard InChI is InChI=1S/C14H11BrClN3O3S/c15-10-2-3-12(11(16)7-10)17-14(20)9-1-4-13-18-23(21,22)6-5-19(13)8-9/h1-4,7-8H,5-6H2,(H,17,20). The summed E-state index contributed by atoms with van der Waals surface area (Å²) in [6, 6.07) is 5.15. The topological polar surface area (TPSA) is 78.8 Å². The van der Waals surface area contributed by atoms with Gasteiger partial charge in [-0.25, -0.2) is 8.42 Å². The molecule has 0 fully saturated rings. The second kappa shape index (κ2) is 6.10. The van der Waals surface area contributed by atoms with Crippen LogP contribution in [0.2, 0.25) is 5.02 Å². The third-order valence-electron chi connectivity index (χ3n) is 3.27. The average Bonchev–Trinajstić information content (AvgIpc) is 2.48. The number of hydrogen-bond acceptors (Lipinski definition) is 4. The summed E-state index contributed by atoms with van der Waals surface area (Å²) in [6.07, 6.45) is 4.61. The molecule has 0 bridgehead atoms. The number of anilines is 1. The van der Waals surface area contributed by atoms with Crippen LogP contribution >= 0.6 is 27.5 Å². The van der Waals surface area contributed by atoms with E-state index in [-0.39, 0.29) is 18.2 Å². The van der Waals surface area contributed by atoms with Crippen molar-refractivity contribution < 1.29 is 13.2 Å². The van der Waals surface area contributed by atoms with Crippen LogP contribution in [0.25, 0.3) is 0 Å². The first-order valence-electron chi connectivity index (χ1n) is 6.60. The van der Waals surface area contributed by atoms with Gasteiger partial charge < -0.3 is 10.2 Å². The number of nitrogens with zero attached hydrogens (tertiary/aromatic N) is 2. The molecule has 120 valence electrons. The number of amidine groups is 1. The maximum absolute atomic E-state index is 12.3. The molecule has 9 heteroatoms. The third-order valence-corrected chi connectivity index (χ3v) is 5.24. The van der Waals surface area contributed by atoms with E-state index in [1.54, 1.807) is 29.3 Å². The highest BCUT2D eigenvalue weighted by Gasteiger charge is 2.25. The summed E-state index contributed by atoms with van der Waals surface area (Å²) in [5, 5.41) is 3.14. The first-order valence-corrected chi connectivity index (χ1v) is 9.38. The number of sulfonamides is 1. The van der Waals surface area contributed by atoms with E-state index in [0.29, 0.717) is 22.1 Å². The Bertz CT molecular complexity index is 877. The summed E-state index contributed by atoms with van der Waals surface area (Å²) < 4.78 is 27.4. The zero-order valence-electron chi connectivity index (χ0n) is 11.7. The molecular formula is C14H11BrClN3O3S. The number of carbonyl (C=O) groups is 1. The highest BCUT2D eigenvalue weighted by atomic mass is 79.9. The van der Waals surface area contributed by atoms with Crippen molar-refractivity contribution in [2.45, 2.75) is 0 Å². The van der Waals surface area contributed by atoms with Crippen molar-refractivity contribution in [1.29, 1.82) is 0 Å². The minimum atomic E-state index is -3.41. The van der Waals surface area contributed by atoms with E-state index in [9.17, 15) is 13.2 Å². The lowest BCUT2D eigenvalue weighted by Gasteiger charge is -2.27. The second-order valence-corrected chi connectivity index (χ2v) is 8.00. The van der Waals surface area contributed by atoms with Crippen molar-refractivity contribution in [3.8, 4) is 0 Å². The number of amides is 1. The Morgan fingerprint density at radius 2 is 2.13 bits per heavy atom. The minimum Gasteiger partial charge on any atom is -0.330 e. The Labute approximate surface area is 146 Å². The highest BCUT2D eigenvalue weighted by Crippen LogP contribution is 2.26. The van der Waals surface area contributed by atoms with Crippen LogP contribution in [0.3, 0.4) is 0 Å². The summed E-state index contributed by atoms with van der Waals surface area (Å²) in [7, 11) is -3.41. The van der Waals surface area contributed by atoms with Gasteiger partial charge in [-0.1, -0.05) is 27.5 Å². The van der Waals surface area contributed by atoms with Gasteiger partial charge in [0.2, 0.25) is 0 Å². The maximum Gasteiger partial charge on any atom is 0.257 e. The molecule has 23 heavy (non-hydrogen) atoms. The molecule has 0 aliphatic carbocycles. The molecule has 0 saturated carbocycles. The van der Waals surface area contributed by atoms with Crippen LogP contribution in [-0.2, 0) is 14.8 Å². The maximum atomic E-state index is 12.3. The fourth-order valence-electron chi connectivity index (χ4n) is 2.12. The molecule has 2 aliphatic rings. The van der Waals surface area contributed by atoms with Crippen molar-refractivity contribution in [2.24, 2.45) is 4.40 Å². The van der Waals surface area contributed by atoms with Crippen molar-refractivity contribution in [2.75, 3.05) is 17.6 Å². The summed E-state index contributed by atoms with van der Waals surface area (Å²) in [5.41, 5.74) is 0.886. The van der Waals surface area contributed by atoms with E-state index in [4.69, 9.17) is 11.6 Å². The lowest BCUT2D eigenvalue weighted by atomic mass is 10.1. The van der Waals surface area contributed by atoms with Crippen molar-refractivity contribution in [3.63, 3.8) is 0 Å². The molecule has 1 N–H and O–H groups in total. The highest BCUT2D eigenvalue weighted by molar-refractivity contribution is 9.10. The van der Waals surface area contributed by atoms with E-state index in [1.165, 1.54) is 12.2 Å². The van der Waals surface area contributed by atoms with E-state index in [0.717, 1.165) is 4.47 Å². The molecule has 2 aliphatic heterocycles. The molecule has 0 radical (unpaired) electrons. The van der Waals surface area contributed by atoms with Crippen LogP contribution in [0.15, 0.2) is 51.0 Å². The summed E-state index contributed by atoms with van der Waals surface area (Å²) in [6.45, 7) is 0.265. The average molecular weight is 417 g/mol. The number of benzene rings is 1. The molecule has 0 saturated heterocycles. The minimum absolute atomic E-state index is 0.0751. The Balaban J connectivity index is 1.80. The van der Waals surface area contributed by atoms with Gasteiger partial charge in [-0.05, 0) is 30.4 Å². The van der Waals surface area contributed by atoms with Crippen molar-refractivity contribution in [3.05, 3.63) is 51.6 Å². The third kappa shape index (κ3) is 3.65. The number of fused-ring (bicyclic) bond motifs is 1. The molecular weight excluding hydrogens is 406 g/mol. The van der Waals surface area contributed by atoms with Gasteiger partial charge in [-0.2, -0.15) is 0 Å². The SMILES string of the molecule is O=C(Nc1ccc(Br)cc1Cl)C1=CN2CCS(=O)(=O)N=C2C=C1. The lowest BCUT2D eigenvalue weighted by Crippen LogP contribution is -2.37. The molecule has 0 spiro atoms. The van der Waals surface area contributed by atoms with Crippen LogP contribution in [-0.4, -0.2) is 37.4 Å². The van der Waals surface area contributed by atoms with Crippen LogP contribution in [0.1, 0.15) is 0 Å². The molecule has 2 heterocycles. The van der Waals surface area contributed by atoms with Gasteiger partial charge in [0.15, 0.2) is 0 Å². The molecule has 0 unspecified atom stereocenters. The van der Waals surface area contributed by atoms with Gasteiger partial charge >= 0.3 is 0 Å². The summed E-state index contributed by atoms with van der Waals surface area (Å²) in [5.74, 6) is -0.0960. The molecule has 1 amide bonds. The Morgan fingerprint density at radius 3 is 2.87 bits per heavy atom. The largest absolute Gasteiger partial charge is 0.330 e. The zero-order valence-corrected chi connectivity index (χ0v) is 14.8. The van der Waals surface area contributed by atoms with Crippen molar-refractivity contribution in [1.82, 2.24) is 4.90 Å². The Hall–Kier alpha value is -1.64. The van der Waals surface area contributed by atoms with Gasteiger partial charge in [0.05, 0.1) is 22.0 Å². The predicted molar refractivity (Wildman–Crippen MR) is 92.9 cm³/mol. The smallest absolute Gasteiger partial charge is 0.257 e. The van der Waals surface area contributed by atoms with E-state index in [2.05, 4.69) is 25.6 Å². The fraction of sp³-hybridized carbons (Fsp3) is 0.143.